The Morgan fingerprint density at radius 2 is 1.58 bits per heavy atom. The third-order valence-corrected chi connectivity index (χ3v) is 6.48. The van der Waals surface area contributed by atoms with Gasteiger partial charge in [-0.15, -0.1) is 0 Å². The maximum atomic E-state index is 11.9. The van der Waals surface area contributed by atoms with Gasteiger partial charge in [0, 0.05) is 6.04 Å². The molecule has 1 atom stereocenters. The first-order valence-corrected chi connectivity index (χ1v) is 8.08. The van der Waals surface area contributed by atoms with Gasteiger partial charge >= 0.3 is 5.97 Å². The minimum absolute atomic E-state index is 0.206. The van der Waals surface area contributed by atoms with Gasteiger partial charge in [0.2, 0.25) is 0 Å². The van der Waals surface area contributed by atoms with E-state index in [0.29, 0.717) is 23.8 Å². The molecule has 1 unspecified atom stereocenters. The van der Waals surface area contributed by atoms with Gasteiger partial charge in [-0.25, -0.2) is 0 Å². The zero-order valence-electron chi connectivity index (χ0n) is 11.8. The standard InChI is InChI=1S/C16H25NO2/c1-17(13-2-3-13)15(16(18)19)14-11-5-9-4-10(7-11)8-12(14)6-9/h9-15H,2-8H2,1H3,(H,18,19). The molecule has 5 fully saturated rings. The second-order valence-corrected chi connectivity index (χ2v) is 7.69. The summed E-state index contributed by atoms with van der Waals surface area (Å²) >= 11 is 0. The number of carbonyl (C=O) groups is 1. The van der Waals surface area contributed by atoms with E-state index in [1.54, 1.807) is 0 Å². The van der Waals surface area contributed by atoms with Crippen LogP contribution in [0.4, 0.5) is 0 Å². The molecule has 4 bridgehead atoms. The normalized spacial score (nSPS) is 45.7. The fourth-order valence-electron chi connectivity index (χ4n) is 5.80. The third kappa shape index (κ3) is 1.93. The Balaban J connectivity index is 1.60. The number of carboxylic acid groups (broad SMARTS) is 1. The minimum atomic E-state index is -0.563. The van der Waals surface area contributed by atoms with Crippen molar-refractivity contribution in [1.29, 1.82) is 0 Å². The van der Waals surface area contributed by atoms with Crippen molar-refractivity contribution in [2.45, 2.75) is 57.0 Å². The Hall–Kier alpha value is -0.570. The second kappa shape index (κ2) is 4.21. The van der Waals surface area contributed by atoms with E-state index in [0.717, 1.165) is 11.8 Å². The van der Waals surface area contributed by atoms with E-state index >= 15 is 0 Å². The molecule has 0 aliphatic heterocycles. The smallest absolute Gasteiger partial charge is 0.321 e. The molecular weight excluding hydrogens is 238 g/mol. The van der Waals surface area contributed by atoms with E-state index in [1.807, 2.05) is 0 Å². The molecular formula is C16H25NO2. The largest absolute Gasteiger partial charge is 0.480 e. The Labute approximate surface area is 115 Å². The van der Waals surface area contributed by atoms with Crippen LogP contribution in [0.2, 0.25) is 0 Å². The molecule has 5 aliphatic rings. The molecule has 5 aliphatic carbocycles. The molecule has 19 heavy (non-hydrogen) atoms. The van der Waals surface area contributed by atoms with Gasteiger partial charge in [0.05, 0.1) is 0 Å². The summed E-state index contributed by atoms with van der Waals surface area (Å²) in [5, 5.41) is 9.76. The second-order valence-electron chi connectivity index (χ2n) is 7.69. The van der Waals surface area contributed by atoms with Crippen molar-refractivity contribution in [3.8, 4) is 0 Å². The molecule has 1 N–H and O–H groups in total. The van der Waals surface area contributed by atoms with E-state index in [1.165, 1.54) is 44.9 Å². The van der Waals surface area contributed by atoms with Gasteiger partial charge < -0.3 is 5.11 Å². The van der Waals surface area contributed by atoms with Crippen LogP contribution >= 0.6 is 0 Å². The topological polar surface area (TPSA) is 40.5 Å². The molecule has 5 rings (SSSR count). The van der Waals surface area contributed by atoms with E-state index in [-0.39, 0.29) is 6.04 Å². The number of carboxylic acids is 1. The van der Waals surface area contributed by atoms with Crippen molar-refractivity contribution in [2.75, 3.05) is 7.05 Å². The molecule has 5 saturated carbocycles. The highest BCUT2D eigenvalue weighted by Crippen LogP contribution is 2.58. The summed E-state index contributed by atoms with van der Waals surface area (Å²) in [6.45, 7) is 0. The quantitative estimate of drug-likeness (QED) is 0.847. The summed E-state index contributed by atoms with van der Waals surface area (Å²) in [6.07, 6.45) is 9.12. The number of nitrogens with zero attached hydrogens (tertiary/aromatic N) is 1. The van der Waals surface area contributed by atoms with Gasteiger partial charge in [-0.05, 0) is 81.6 Å². The van der Waals surface area contributed by atoms with E-state index < -0.39 is 5.97 Å². The first kappa shape index (κ1) is 12.2. The van der Waals surface area contributed by atoms with Crippen LogP contribution in [0.15, 0.2) is 0 Å². The zero-order valence-corrected chi connectivity index (χ0v) is 11.8. The van der Waals surface area contributed by atoms with Crippen molar-refractivity contribution in [2.24, 2.45) is 29.6 Å². The van der Waals surface area contributed by atoms with Crippen LogP contribution in [-0.4, -0.2) is 35.1 Å². The van der Waals surface area contributed by atoms with Crippen LogP contribution in [0, 0.1) is 29.6 Å². The highest BCUT2D eigenvalue weighted by molar-refractivity contribution is 5.74. The molecule has 0 spiro atoms. The summed E-state index contributed by atoms with van der Waals surface area (Å²) in [5.74, 6) is 3.15. The first-order valence-electron chi connectivity index (χ1n) is 8.08. The summed E-state index contributed by atoms with van der Waals surface area (Å²) in [6, 6.07) is 0.348. The average molecular weight is 263 g/mol. The highest BCUT2D eigenvalue weighted by atomic mass is 16.4. The van der Waals surface area contributed by atoms with Crippen molar-refractivity contribution in [3.63, 3.8) is 0 Å². The lowest BCUT2D eigenvalue weighted by molar-refractivity contribution is -0.153. The maximum Gasteiger partial charge on any atom is 0.321 e. The van der Waals surface area contributed by atoms with Gasteiger partial charge in [0.15, 0.2) is 0 Å². The predicted octanol–water partition coefficient (Wildman–Crippen LogP) is 2.61. The Bertz CT molecular complexity index is 362. The molecule has 0 aromatic heterocycles. The summed E-state index contributed by atoms with van der Waals surface area (Å²) in [4.78, 5) is 14.1. The number of rotatable bonds is 4. The van der Waals surface area contributed by atoms with E-state index in [9.17, 15) is 9.90 Å². The van der Waals surface area contributed by atoms with Crippen LogP contribution in [0.25, 0.3) is 0 Å². The van der Waals surface area contributed by atoms with Crippen molar-refractivity contribution >= 4 is 5.97 Å². The van der Waals surface area contributed by atoms with Crippen molar-refractivity contribution in [3.05, 3.63) is 0 Å². The van der Waals surface area contributed by atoms with Crippen LogP contribution < -0.4 is 0 Å². The fraction of sp³-hybridized carbons (Fsp3) is 0.938. The SMILES string of the molecule is CN(C1CC1)C(C(=O)O)C1C2CC3CC(C2)CC1C3. The Kier molecular flexibility index (Phi) is 2.70. The lowest BCUT2D eigenvalue weighted by Gasteiger charge is -2.56. The van der Waals surface area contributed by atoms with Crippen LogP contribution in [0.1, 0.15) is 44.9 Å². The van der Waals surface area contributed by atoms with Crippen LogP contribution in [0.5, 0.6) is 0 Å². The summed E-state index contributed by atoms with van der Waals surface area (Å²) < 4.78 is 0. The number of hydrogen-bond donors (Lipinski definition) is 1. The zero-order chi connectivity index (χ0) is 13.1. The Morgan fingerprint density at radius 1 is 1.05 bits per heavy atom. The highest BCUT2D eigenvalue weighted by Gasteiger charge is 2.54. The van der Waals surface area contributed by atoms with Gasteiger partial charge in [0.1, 0.15) is 6.04 Å². The molecule has 106 valence electrons. The predicted molar refractivity (Wildman–Crippen MR) is 72.7 cm³/mol. The maximum absolute atomic E-state index is 11.9. The molecule has 3 nitrogen and oxygen atoms in total. The number of likely N-dealkylation sites (N-methyl/N-ethyl adjacent to an activating group) is 1. The third-order valence-electron chi connectivity index (χ3n) is 6.48. The van der Waals surface area contributed by atoms with Crippen LogP contribution in [-0.2, 0) is 4.79 Å². The molecule has 0 heterocycles. The summed E-state index contributed by atoms with van der Waals surface area (Å²) in [5.41, 5.74) is 0. The molecule has 0 radical (unpaired) electrons. The Morgan fingerprint density at radius 3 is 2.00 bits per heavy atom. The van der Waals surface area contributed by atoms with Crippen molar-refractivity contribution in [1.82, 2.24) is 4.90 Å². The lowest BCUT2D eigenvalue weighted by atomic mass is 9.50. The van der Waals surface area contributed by atoms with E-state index in [2.05, 4.69) is 11.9 Å². The molecule has 3 heteroatoms. The lowest BCUT2D eigenvalue weighted by Crippen LogP contribution is -2.56. The van der Waals surface area contributed by atoms with E-state index in [4.69, 9.17) is 0 Å². The van der Waals surface area contributed by atoms with Crippen molar-refractivity contribution < 1.29 is 9.90 Å². The first-order chi connectivity index (χ1) is 9.13. The molecule has 0 saturated heterocycles. The molecule has 0 aromatic carbocycles. The van der Waals surface area contributed by atoms with Gasteiger partial charge in [0.25, 0.3) is 0 Å². The minimum Gasteiger partial charge on any atom is -0.480 e. The van der Waals surface area contributed by atoms with Gasteiger partial charge in [-0.3, -0.25) is 9.69 Å². The molecule has 0 aromatic rings. The summed E-state index contributed by atoms with van der Waals surface area (Å²) in [7, 11) is 2.06. The monoisotopic (exact) mass is 263 g/mol. The van der Waals surface area contributed by atoms with Gasteiger partial charge in [-0.1, -0.05) is 0 Å². The number of hydrogen-bond acceptors (Lipinski definition) is 2. The fourth-order valence-corrected chi connectivity index (χ4v) is 5.80. The molecule has 0 amide bonds. The number of aliphatic carboxylic acids is 1. The van der Waals surface area contributed by atoms with Gasteiger partial charge in [-0.2, -0.15) is 0 Å². The van der Waals surface area contributed by atoms with Crippen LogP contribution in [0.3, 0.4) is 0 Å². The average Bonchev–Trinajstić information content (AvgIpc) is 3.15.